The van der Waals surface area contributed by atoms with Crippen molar-refractivity contribution in [1.29, 1.82) is 0 Å². The molecule has 0 aliphatic carbocycles. The van der Waals surface area contributed by atoms with E-state index in [-0.39, 0.29) is 0 Å². The predicted molar refractivity (Wildman–Crippen MR) is 40.5 cm³/mol. The zero-order chi connectivity index (χ0) is 7.11. The van der Waals surface area contributed by atoms with Crippen molar-refractivity contribution < 1.29 is 4.74 Å². The summed E-state index contributed by atoms with van der Waals surface area (Å²) in [4.78, 5) is 0. The summed E-state index contributed by atoms with van der Waals surface area (Å²) >= 11 is 0. The predicted octanol–water partition coefficient (Wildman–Crippen LogP) is 2.38. The van der Waals surface area contributed by atoms with Crippen LogP contribution in [0, 0.1) is 0 Å². The minimum Gasteiger partial charge on any atom is -0.380 e. The Bertz CT molecular complexity index is 76.6. The molecule has 0 aliphatic heterocycles. The SMILES string of the molecule is C/C=C(/CCC)COC. The number of ether oxygens (including phenoxy) is 1. The lowest BCUT2D eigenvalue weighted by molar-refractivity contribution is 0.222. The fourth-order valence-electron chi connectivity index (χ4n) is 0.806. The molecule has 0 heterocycles. The summed E-state index contributed by atoms with van der Waals surface area (Å²) in [6, 6.07) is 0. The largest absolute Gasteiger partial charge is 0.380 e. The fourth-order valence-corrected chi connectivity index (χ4v) is 0.806. The first-order chi connectivity index (χ1) is 4.35. The van der Waals surface area contributed by atoms with Crippen LogP contribution in [-0.4, -0.2) is 13.7 Å². The van der Waals surface area contributed by atoms with Gasteiger partial charge in [-0.15, -0.1) is 0 Å². The molecule has 9 heavy (non-hydrogen) atoms. The van der Waals surface area contributed by atoms with E-state index in [0.717, 1.165) is 6.61 Å². The lowest BCUT2D eigenvalue weighted by Crippen LogP contribution is -1.92. The van der Waals surface area contributed by atoms with Crippen molar-refractivity contribution in [3.63, 3.8) is 0 Å². The number of rotatable bonds is 4. The molecule has 1 nitrogen and oxygen atoms in total. The highest BCUT2D eigenvalue weighted by Gasteiger charge is 1.90. The molecule has 0 spiro atoms. The first-order valence-corrected chi connectivity index (χ1v) is 3.48. The summed E-state index contributed by atoms with van der Waals surface area (Å²) in [7, 11) is 1.74. The van der Waals surface area contributed by atoms with Gasteiger partial charge < -0.3 is 4.74 Å². The minimum atomic E-state index is 0.796. The number of allylic oxidation sites excluding steroid dienone is 1. The van der Waals surface area contributed by atoms with E-state index in [2.05, 4.69) is 19.9 Å². The fraction of sp³-hybridized carbons (Fsp3) is 0.750. The maximum absolute atomic E-state index is 4.98. The summed E-state index contributed by atoms with van der Waals surface area (Å²) < 4.78 is 4.98. The van der Waals surface area contributed by atoms with Gasteiger partial charge in [0, 0.05) is 7.11 Å². The third-order valence-corrected chi connectivity index (χ3v) is 1.31. The van der Waals surface area contributed by atoms with Crippen molar-refractivity contribution >= 4 is 0 Å². The van der Waals surface area contributed by atoms with E-state index in [9.17, 15) is 0 Å². The number of hydrogen-bond donors (Lipinski definition) is 0. The topological polar surface area (TPSA) is 9.23 Å². The van der Waals surface area contributed by atoms with Gasteiger partial charge in [0.25, 0.3) is 0 Å². The van der Waals surface area contributed by atoms with E-state index in [4.69, 9.17) is 4.74 Å². The highest BCUT2D eigenvalue weighted by Crippen LogP contribution is 2.03. The highest BCUT2D eigenvalue weighted by atomic mass is 16.5. The van der Waals surface area contributed by atoms with Gasteiger partial charge in [-0.25, -0.2) is 0 Å². The van der Waals surface area contributed by atoms with E-state index in [0.29, 0.717) is 0 Å². The van der Waals surface area contributed by atoms with Gasteiger partial charge in [0.05, 0.1) is 6.61 Å². The van der Waals surface area contributed by atoms with Crippen molar-refractivity contribution in [1.82, 2.24) is 0 Å². The molecule has 0 rings (SSSR count). The van der Waals surface area contributed by atoms with E-state index in [1.165, 1.54) is 18.4 Å². The van der Waals surface area contributed by atoms with E-state index >= 15 is 0 Å². The molecule has 0 saturated carbocycles. The Morgan fingerprint density at radius 3 is 2.56 bits per heavy atom. The Hall–Kier alpha value is -0.300. The second kappa shape index (κ2) is 5.83. The van der Waals surface area contributed by atoms with Crippen LogP contribution in [0.4, 0.5) is 0 Å². The molecule has 0 atom stereocenters. The van der Waals surface area contributed by atoms with E-state index in [1.54, 1.807) is 7.11 Å². The Labute approximate surface area is 57.7 Å². The Morgan fingerprint density at radius 2 is 2.22 bits per heavy atom. The molecule has 54 valence electrons. The van der Waals surface area contributed by atoms with Crippen molar-refractivity contribution in [3.8, 4) is 0 Å². The summed E-state index contributed by atoms with van der Waals surface area (Å²) in [5.74, 6) is 0. The molecule has 0 aromatic rings. The van der Waals surface area contributed by atoms with Crippen LogP contribution in [0.1, 0.15) is 26.7 Å². The van der Waals surface area contributed by atoms with Crippen LogP contribution in [-0.2, 0) is 4.74 Å². The van der Waals surface area contributed by atoms with Gasteiger partial charge in [-0.2, -0.15) is 0 Å². The number of methoxy groups -OCH3 is 1. The maximum Gasteiger partial charge on any atom is 0.0672 e. The molecule has 0 saturated heterocycles. The first kappa shape index (κ1) is 8.70. The standard InChI is InChI=1S/C8H16O/c1-4-6-8(5-2)7-9-3/h5H,4,6-7H2,1-3H3/b8-5-. The van der Waals surface area contributed by atoms with Crippen molar-refractivity contribution in [2.45, 2.75) is 26.7 Å². The third-order valence-electron chi connectivity index (χ3n) is 1.31. The minimum absolute atomic E-state index is 0.796. The molecule has 0 N–H and O–H groups in total. The smallest absolute Gasteiger partial charge is 0.0672 e. The Kier molecular flexibility index (Phi) is 5.64. The maximum atomic E-state index is 4.98. The summed E-state index contributed by atoms with van der Waals surface area (Å²) in [5.41, 5.74) is 1.40. The quantitative estimate of drug-likeness (QED) is 0.528. The molecule has 0 bridgehead atoms. The summed E-state index contributed by atoms with van der Waals surface area (Å²) in [6.07, 6.45) is 4.51. The van der Waals surface area contributed by atoms with Crippen molar-refractivity contribution in [2.75, 3.05) is 13.7 Å². The highest BCUT2D eigenvalue weighted by molar-refractivity contribution is 4.99. The molecule has 0 fully saturated rings. The normalized spacial score (nSPS) is 12.1. The van der Waals surface area contributed by atoms with Gasteiger partial charge in [0.15, 0.2) is 0 Å². The lowest BCUT2D eigenvalue weighted by Gasteiger charge is -2.01. The van der Waals surface area contributed by atoms with Crippen molar-refractivity contribution in [3.05, 3.63) is 11.6 Å². The summed E-state index contributed by atoms with van der Waals surface area (Å²) in [6.45, 7) is 5.04. The van der Waals surface area contributed by atoms with Gasteiger partial charge in [-0.3, -0.25) is 0 Å². The van der Waals surface area contributed by atoms with E-state index in [1.807, 2.05) is 0 Å². The zero-order valence-corrected chi connectivity index (χ0v) is 6.61. The van der Waals surface area contributed by atoms with Crippen LogP contribution in [0.3, 0.4) is 0 Å². The van der Waals surface area contributed by atoms with Crippen LogP contribution in [0.25, 0.3) is 0 Å². The monoisotopic (exact) mass is 128 g/mol. The first-order valence-electron chi connectivity index (χ1n) is 3.48. The molecule has 0 unspecified atom stereocenters. The van der Waals surface area contributed by atoms with Crippen molar-refractivity contribution in [2.24, 2.45) is 0 Å². The van der Waals surface area contributed by atoms with E-state index < -0.39 is 0 Å². The molecule has 0 radical (unpaired) electrons. The molecular weight excluding hydrogens is 112 g/mol. The zero-order valence-electron chi connectivity index (χ0n) is 6.61. The average Bonchev–Trinajstić information content (AvgIpc) is 1.88. The van der Waals surface area contributed by atoms with Crippen LogP contribution in [0.5, 0.6) is 0 Å². The molecule has 0 aliphatic rings. The second-order valence-electron chi connectivity index (χ2n) is 2.13. The van der Waals surface area contributed by atoms with Crippen LogP contribution < -0.4 is 0 Å². The summed E-state index contributed by atoms with van der Waals surface area (Å²) in [5, 5.41) is 0. The molecule has 0 aromatic heterocycles. The lowest BCUT2D eigenvalue weighted by atomic mass is 10.1. The average molecular weight is 128 g/mol. The van der Waals surface area contributed by atoms with Crippen LogP contribution >= 0.6 is 0 Å². The number of hydrogen-bond acceptors (Lipinski definition) is 1. The molecule has 0 aromatic carbocycles. The second-order valence-corrected chi connectivity index (χ2v) is 2.13. The van der Waals surface area contributed by atoms with Gasteiger partial charge in [-0.1, -0.05) is 19.4 Å². The van der Waals surface area contributed by atoms with Gasteiger partial charge in [-0.05, 0) is 18.9 Å². The molecule has 1 heteroatoms. The van der Waals surface area contributed by atoms with Crippen LogP contribution in [0.15, 0.2) is 11.6 Å². The van der Waals surface area contributed by atoms with Crippen LogP contribution in [0.2, 0.25) is 0 Å². The molecule has 0 amide bonds. The Morgan fingerprint density at radius 1 is 1.56 bits per heavy atom. The third kappa shape index (κ3) is 4.22. The van der Waals surface area contributed by atoms with Gasteiger partial charge in [0.2, 0.25) is 0 Å². The van der Waals surface area contributed by atoms with Gasteiger partial charge in [0.1, 0.15) is 0 Å². The molecular formula is C8H16O. The van der Waals surface area contributed by atoms with Gasteiger partial charge >= 0.3 is 0 Å². The Balaban J connectivity index is 3.43.